The Hall–Kier alpha value is -3.56. The van der Waals surface area contributed by atoms with Gasteiger partial charge in [-0.25, -0.2) is 9.97 Å². The van der Waals surface area contributed by atoms with Gasteiger partial charge in [0.1, 0.15) is 10.8 Å². The standard InChI is InChI=1S/C23H20N6O2S/c24-19-14(13-2-1-3-17-16(13)11-26-29-17)10-15(23-25-6-9-32-23)20-18(19)22(30)28-21(27-20)12-4-7-31-8-5-12/h1-3,6,9-12H,4-5,7-8,24H2,(H,26,29)(H,27,28,30). The molecule has 5 aromatic rings. The molecule has 1 aliphatic heterocycles. The van der Waals surface area contributed by atoms with Crippen molar-refractivity contribution in [3.8, 4) is 21.7 Å². The molecule has 2 aromatic carbocycles. The number of hydrogen-bond acceptors (Lipinski definition) is 7. The van der Waals surface area contributed by atoms with Gasteiger partial charge in [-0.1, -0.05) is 12.1 Å². The molecule has 4 N–H and O–H groups in total. The van der Waals surface area contributed by atoms with E-state index >= 15 is 0 Å². The average molecular weight is 445 g/mol. The first kappa shape index (κ1) is 19.1. The molecule has 0 unspecified atom stereocenters. The lowest BCUT2D eigenvalue weighted by Gasteiger charge is -2.22. The van der Waals surface area contributed by atoms with Gasteiger partial charge in [0, 0.05) is 47.2 Å². The molecule has 0 bridgehead atoms. The maximum atomic E-state index is 13.3. The highest BCUT2D eigenvalue weighted by atomic mass is 32.1. The number of rotatable bonds is 3. The summed E-state index contributed by atoms with van der Waals surface area (Å²) in [5.74, 6) is 0.846. The average Bonchev–Trinajstić information content (AvgIpc) is 3.52. The van der Waals surface area contributed by atoms with Gasteiger partial charge in [0.2, 0.25) is 0 Å². The molecule has 0 radical (unpaired) electrons. The molecular weight excluding hydrogens is 424 g/mol. The molecule has 0 saturated carbocycles. The van der Waals surface area contributed by atoms with Crippen LogP contribution in [0.5, 0.6) is 0 Å². The molecule has 32 heavy (non-hydrogen) atoms. The predicted molar refractivity (Wildman–Crippen MR) is 126 cm³/mol. The predicted octanol–water partition coefficient (Wildman–Crippen LogP) is 4.07. The van der Waals surface area contributed by atoms with Gasteiger partial charge in [0.25, 0.3) is 5.56 Å². The molecule has 8 nitrogen and oxygen atoms in total. The second-order valence-corrected chi connectivity index (χ2v) is 8.82. The zero-order valence-electron chi connectivity index (χ0n) is 17.1. The Balaban J connectivity index is 1.67. The fraction of sp³-hybridized carbons (Fsp3) is 0.217. The van der Waals surface area contributed by atoms with E-state index in [1.807, 2.05) is 29.6 Å². The Morgan fingerprint density at radius 3 is 2.84 bits per heavy atom. The van der Waals surface area contributed by atoms with Crippen molar-refractivity contribution in [3.63, 3.8) is 0 Å². The second kappa shape index (κ2) is 7.54. The van der Waals surface area contributed by atoms with Crippen molar-refractivity contribution in [1.29, 1.82) is 0 Å². The van der Waals surface area contributed by atoms with Crippen LogP contribution in [0.1, 0.15) is 24.6 Å². The highest BCUT2D eigenvalue weighted by molar-refractivity contribution is 7.13. The lowest BCUT2D eigenvalue weighted by atomic mass is 9.94. The summed E-state index contributed by atoms with van der Waals surface area (Å²) in [6.45, 7) is 1.34. The number of nitrogen functional groups attached to an aromatic ring is 1. The third kappa shape index (κ3) is 3.01. The summed E-state index contributed by atoms with van der Waals surface area (Å²) in [5, 5.41) is 11.2. The summed E-state index contributed by atoms with van der Waals surface area (Å²) in [5.41, 5.74) is 10.8. The third-order valence-electron chi connectivity index (χ3n) is 6.09. The van der Waals surface area contributed by atoms with Crippen molar-refractivity contribution in [2.24, 2.45) is 0 Å². The van der Waals surface area contributed by atoms with E-state index in [1.54, 1.807) is 12.4 Å². The largest absolute Gasteiger partial charge is 0.398 e. The van der Waals surface area contributed by atoms with Crippen LogP contribution in [0, 0.1) is 0 Å². The smallest absolute Gasteiger partial charge is 0.260 e. The summed E-state index contributed by atoms with van der Waals surface area (Å²) in [6.07, 6.45) is 5.19. The molecule has 0 atom stereocenters. The summed E-state index contributed by atoms with van der Waals surface area (Å²) >= 11 is 1.51. The van der Waals surface area contributed by atoms with E-state index < -0.39 is 0 Å². The first-order valence-corrected chi connectivity index (χ1v) is 11.3. The van der Waals surface area contributed by atoms with Crippen LogP contribution in [0.4, 0.5) is 5.69 Å². The Kier molecular flexibility index (Phi) is 4.51. The molecule has 1 aliphatic rings. The molecule has 0 amide bonds. The van der Waals surface area contributed by atoms with Crippen LogP contribution >= 0.6 is 11.3 Å². The number of ether oxygens (including phenoxy) is 1. The number of nitrogens with one attached hydrogen (secondary N) is 2. The van der Waals surface area contributed by atoms with Crippen LogP contribution in [0.3, 0.4) is 0 Å². The van der Waals surface area contributed by atoms with Crippen molar-refractivity contribution >= 4 is 38.8 Å². The van der Waals surface area contributed by atoms with Gasteiger partial charge in [-0.15, -0.1) is 11.3 Å². The Morgan fingerprint density at radius 2 is 2.03 bits per heavy atom. The normalized spacial score (nSPS) is 15.0. The molecule has 0 aliphatic carbocycles. The minimum atomic E-state index is -0.229. The van der Waals surface area contributed by atoms with Gasteiger partial charge in [0.05, 0.1) is 28.3 Å². The van der Waals surface area contributed by atoms with Gasteiger partial charge < -0.3 is 15.5 Å². The van der Waals surface area contributed by atoms with Crippen molar-refractivity contribution in [2.75, 3.05) is 18.9 Å². The quantitative estimate of drug-likeness (QED) is 0.361. The van der Waals surface area contributed by atoms with Crippen LogP contribution < -0.4 is 11.3 Å². The van der Waals surface area contributed by atoms with E-state index in [1.165, 1.54) is 11.3 Å². The number of anilines is 1. The Labute approximate surface area is 186 Å². The van der Waals surface area contributed by atoms with Gasteiger partial charge >= 0.3 is 0 Å². The number of nitrogens with zero attached hydrogens (tertiary/aromatic N) is 3. The number of H-pyrrole nitrogens is 2. The zero-order chi connectivity index (χ0) is 21.7. The summed E-state index contributed by atoms with van der Waals surface area (Å²) < 4.78 is 5.48. The number of thiazole rings is 1. The lowest BCUT2D eigenvalue weighted by Crippen LogP contribution is -2.21. The van der Waals surface area contributed by atoms with Crippen molar-refractivity contribution in [3.05, 3.63) is 58.2 Å². The monoisotopic (exact) mass is 444 g/mol. The van der Waals surface area contributed by atoms with Crippen LogP contribution in [0.25, 0.3) is 43.5 Å². The van der Waals surface area contributed by atoms with Gasteiger partial charge in [-0.05, 0) is 30.5 Å². The van der Waals surface area contributed by atoms with E-state index in [0.29, 0.717) is 35.6 Å². The number of fused-ring (bicyclic) bond motifs is 2. The Bertz CT molecular complexity index is 1500. The number of aromatic amines is 2. The zero-order valence-corrected chi connectivity index (χ0v) is 17.9. The minimum absolute atomic E-state index is 0.158. The highest BCUT2D eigenvalue weighted by Crippen LogP contribution is 2.40. The van der Waals surface area contributed by atoms with E-state index in [2.05, 4.69) is 20.2 Å². The first-order valence-electron chi connectivity index (χ1n) is 10.5. The topological polar surface area (TPSA) is 123 Å². The van der Waals surface area contributed by atoms with Crippen LogP contribution in [0.2, 0.25) is 0 Å². The molecule has 4 heterocycles. The molecule has 160 valence electrons. The minimum Gasteiger partial charge on any atom is -0.398 e. The number of benzene rings is 2. The van der Waals surface area contributed by atoms with E-state index in [-0.39, 0.29) is 11.5 Å². The van der Waals surface area contributed by atoms with E-state index in [0.717, 1.165) is 45.4 Å². The molecule has 6 rings (SSSR count). The Morgan fingerprint density at radius 1 is 1.16 bits per heavy atom. The molecule has 9 heteroatoms. The molecule has 0 spiro atoms. The maximum absolute atomic E-state index is 13.3. The van der Waals surface area contributed by atoms with Gasteiger partial charge in [-0.2, -0.15) is 5.10 Å². The molecule has 3 aromatic heterocycles. The fourth-order valence-electron chi connectivity index (χ4n) is 4.47. The van der Waals surface area contributed by atoms with Gasteiger partial charge in [0.15, 0.2) is 0 Å². The lowest BCUT2D eigenvalue weighted by molar-refractivity contribution is 0.0836. The van der Waals surface area contributed by atoms with E-state index in [4.69, 9.17) is 15.5 Å². The fourth-order valence-corrected chi connectivity index (χ4v) is 5.13. The summed E-state index contributed by atoms with van der Waals surface area (Å²) in [6, 6.07) is 7.89. The van der Waals surface area contributed by atoms with E-state index in [9.17, 15) is 4.79 Å². The molecule has 1 fully saturated rings. The summed E-state index contributed by atoms with van der Waals surface area (Å²) in [7, 11) is 0. The van der Waals surface area contributed by atoms with Crippen molar-refractivity contribution in [2.45, 2.75) is 18.8 Å². The SMILES string of the molecule is Nc1c(-c2cccc3[nH]ncc23)cc(-c2nccs2)c2nc(C3CCOCC3)[nH]c(=O)c12. The molecular formula is C23H20N6O2S. The van der Waals surface area contributed by atoms with Gasteiger partial charge in [-0.3, -0.25) is 9.89 Å². The number of hydrogen-bond donors (Lipinski definition) is 3. The second-order valence-electron chi connectivity index (χ2n) is 7.92. The van der Waals surface area contributed by atoms with Crippen LogP contribution in [-0.2, 0) is 4.74 Å². The maximum Gasteiger partial charge on any atom is 0.260 e. The molecule has 1 saturated heterocycles. The number of aromatic nitrogens is 5. The van der Waals surface area contributed by atoms with Crippen molar-refractivity contribution < 1.29 is 4.74 Å². The van der Waals surface area contributed by atoms with Crippen LogP contribution in [0.15, 0.2) is 46.8 Å². The first-order chi connectivity index (χ1) is 15.7. The highest BCUT2D eigenvalue weighted by Gasteiger charge is 2.23. The van der Waals surface area contributed by atoms with Crippen molar-refractivity contribution in [1.82, 2.24) is 25.1 Å². The number of nitrogens with two attached hydrogens (primary N) is 1. The van der Waals surface area contributed by atoms with Crippen LogP contribution in [-0.4, -0.2) is 38.4 Å². The summed E-state index contributed by atoms with van der Waals surface area (Å²) in [4.78, 5) is 25.8. The third-order valence-corrected chi connectivity index (χ3v) is 6.89.